The van der Waals surface area contributed by atoms with Crippen molar-refractivity contribution in [3.63, 3.8) is 0 Å². The number of hydrogen-bond acceptors (Lipinski definition) is 8. The Labute approximate surface area is 169 Å². The van der Waals surface area contributed by atoms with Crippen molar-refractivity contribution >= 4 is 10.0 Å². The molecule has 29 heavy (non-hydrogen) atoms. The van der Waals surface area contributed by atoms with Gasteiger partial charge in [0.2, 0.25) is 21.7 Å². The molecule has 0 bridgehead atoms. The summed E-state index contributed by atoms with van der Waals surface area (Å²) >= 11 is 0. The van der Waals surface area contributed by atoms with Crippen molar-refractivity contribution in [2.24, 2.45) is 0 Å². The molecule has 2 aromatic heterocycles. The third-order valence-corrected chi connectivity index (χ3v) is 7.18. The van der Waals surface area contributed by atoms with Crippen molar-refractivity contribution in [2.75, 3.05) is 26.2 Å². The number of hydrogen-bond donors (Lipinski definition) is 0. The number of aromatic nitrogens is 3. The second kappa shape index (κ2) is 7.69. The summed E-state index contributed by atoms with van der Waals surface area (Å²) in [6.45, 7) is 7.67. The maximum atomic E-state index is 12.9. The van der Waals surface area contributed by atoms with Gasteiger partial charge in [0.25, 0.3) is 0 Å². The molecule has 0 atom stereocenters. The number of piperazine rings is 1. The van der Waals surface area contributed by atoms with Crippen LogP contribution < -0.4 is 0 Å². The van der Waals surface area contributed by atoms with Crippen molar-refractivity contribution in [2.45, 2.75) is 32.2 Å². The molecule has 10 heteroatoms. The molecule has 0 N–H and O–H groups in total. The highest BCUT2D eigenvalue weighted by atomic mass is 32.2. The second-order valence-electron chi connectivity index (χ2n) is 7.21. The van der Waals surface area contributed by atoms with Crippen LogP contribution in [-0.2, 0) is 16.6 Å². The van der Waals surface area contributed by atoms with E-state index in [9.17, 15) is 8.42 Å². The van der Waals surface area contributed by atoms with Crippen molar-refractivity contribution in [1.29, 1.82) is 0 Å². The second-order valence-corrected chi connectivity index (χ2v) is 9.09. The molecule has 1 aromatic carbocycles. The SMILES string of the molecule is Cc1ccc(-c2noc(CN3CCN(S(=O)(=O)c4c(C)noc4C)CC3)n2)cc1. The molecular weight excluding hydrogens is 394 g/mol. The lowest BCUT2D eigenvalue weighted by molar-refractivity contribution is 0.163. The Hall–Kier alpha value is -2.56. The summed E-state index contributed by atoms with van der Waals surface area (Å²) < 4.78 is 37.7. The molecule has 0 aliphatic carbocycles. The topological polar surface area (TPSA) is 106 Å². The van der Waals surface area contributed by atoms with Crippen LogP contribution in [0.25, 0.3) is 11.4 Å². The first-order valence-corrected chi connectivity index (χ1v) is 10.8. The third kappa shape index (κ3) is 3.96. The first-order chi connectivity index (χ1) is 13.8. The lowest BCUT2D eigenvalue weighted by Gasteiger charge is -2.32. The van der Waals surface area contributed by atoms with E-state index in [-0.39, 0.29) is 4.90 Å². The van der Waals surface area contributed by atoms with Gasteiger partial charge in [-0.3, -0.25) is 4.90 Å². The van der Waals surface area contributed by atoms with Crippen LogP contribution in [0.5, 0.6) is 0 Å². The number of nitrogens with zero attached hydrogens (tertiary/aromatic N) is 5. The van der Waals surface area contributed by atoms with E-state index in [1.807, 2.05) is 31.2 Å². The van der Waals surface area contributed by atoms with Gasteiger partial charge in [-0.05, 0) is 20.8 Å². The van der Waals surface area contributed by atoms with E-state index in [2.05, 4.69) is 20.2 Å². The standard InChI is InChI=1S/C19H23N5O4S/c1-13-4-6-16(7-5-13)19-20-17(28-22-19)12-23-8-10-24(11-9-23)29(25,26)18-14(2)21-27-15(18)3/h4-7H,8-12H2,1-3H3. The van der Waals surface area contributed by atoms with Crippen LogP contribution in [0.1, 0.15) is 22.9 Å². The summed E-state index contributed by atoms with van der Waals surface area (Å²) in [6.07, 6.45) is 0. The summed E-state index contributed by atoms with van der Waals surface area (Å²) in [7, 11) is -3.61. The van der Waals surface area contributed by atoms with E-state index in [1.54, 1.807) is 13.8 Å². The fourth-order valence-corrected chi connectivity index (χ4v) is 5.14. The lowest BCUT2D eigenvalue weighted by atomic mass is 10.1. The molecule has 0 saturated carbocycles. The van der Waals surface area contributed by atoms with Crippen LogP contribution in [-0.4, -0.2) is 59.1 Å². The smallest absolute Gasteiger partial charge is 0.248 e. The minimum atomic E-state index is -3.61. The molecule has 1 fully saturated rings. The van der Waals surface area contributed by atoms with Gasteiger partial charge in [-0.1, -0.05) is 40.1 Å². The molecule has 0 spiro atoms. The van der Waals surface area contributed by atoms with Crippen LogP contribution in [0.2, 0.25) is 0 Å². The van der Waals surface area contributed by atoms with Crippen LogP contribution in [0.15, 0.2) is 38.2 Å². The predicted octanol–water partition coefficient (Wildman–Crippen LogP) is 2.16. The van der Waals surface area contributed by atoms with Gasteiger partial charge < -0.3 is 9.05 Å². The Morgan fingerprint density at radius 2 is 1.66 bits per heavy atom. The summed E-state index contributed by atoms with van der Waals surface area (Å²) in [6, 6.07) is 7.93. The average Bonchev–Trinajstić information content (AvgIpc) is 3.29. The minimum absolute atomic E-state index is 0.172. The van der Waals surface area contributed by atoms with Gasteiger partial charge in [0.05, 0.1) is 6.54 Å². The molecule has 0 unspecified atom stereocenters. The average molecular weight is 417 g/mol. The minimum Gasteiger partial charge on any atom is -0.360 e. The first kappa shape index (κ1) is 19.7. The third-order valence-electron chi connectivity index (χ3n) is 5.03. The van der Waals surface area contributed by atoms with Gasteiger partial charge in [-0.25, -0.2) is 8.42 Å². The summed E-state index contributed by atoms with van der Waals surface area (Å²) in [5.74, 6) is 1.39. The quantitative estimate of drug-likeness (QED) is 0.622. The lowest BCUT2D eigenvalue weighted by Crippen LogP contribution is -2.48. The Morgan fingerprint density at radius 3 is 2.28 bits per heavy atom. The highest BCUT2D eigenvalue weighted by Gasteiger charge is 2.33. The van der Waals surface area contributed by atoms with E-state index in [0.717, 1.165) is 5.56 Å². The van der Waals surface area contributed by atoms with Crippen molar-refractivity contribution in [3.05, 3.63) is 47.2 Å². The molecule has 1 aliphatic heterocycles. The van der Waals surface area contributed by atoms with Crippen molar-refractivity contribution < 1.29 is 17.5 Å². The fraction of sp³-hybridized carbons (Fsp3) is 0.421. The number of aryl methyl sites for hydroxylation is 3. The van der Waals surface area contributed by atoms with Crippen LogP contribution in [0.4, 0.5) is 0 Å². The number of sulfonamides is 1. The largest absolute Gasteiger partial charge is 0.360 e. The van der Waals surface area contributed by atoms with Gasteiger partial charge in [0, 0.05) is 31.7 Å². The fourth-order valence-electron chi connectivity index (χ4n) is 3.43. The van der Waals surface area contributed by atoms with Gasteiger partial charge in [-0.2, -0.15) is 9.29 Å². The Morgan fingerprint density at radius 1 is 0.966 bits per heavy atom. The maximum absolute atomic E-state index is 12.9. The van der Waals surface area contributed by atoms with Gasteiger partial charge in [0.1, 0.15) is 10.6 Å². The van der Waals surface area contributed by atoms with Gasteiger partial charge in [-0.15, -0.1) is 0 Å². The van der Waals surface area contributed by atoms with Crippen LogP contribution in [0, 0.1) is 20.8 Å². The molecule has 1 saturated heterocycles. The normalized spacial score (nSPS) is 16.4. The molecule has 4 rings (SSSR count). The number of benzene rings is 1. The molecule has 0 amide bonds. The highest BCUT2D eigenvalue weighted by molar-refractivity contribution is 7.89. The Bertz CT molecular complexity index is 1080. The molecule has 3 aromatic rings. The first-order valence-electron chi connectivity index (χ1n) is 9.39. The van der Waals surface area contributed by atoms with Gasteiger partial charge in [0.15, 0.2) is 5.76 Å². The summed E-state index contributed by atoms with van der Waals surface area (Å²) in [5, 5.41) is 7.81. The zero-order chi connectivity index (χ0) is 20.6. The van der Waals surface area contributed by atoms with E-state index < -0.39 is 10.0 Å². The van der Waals surface area contributed by atoms with E-state index >= 15 is 0 Å². The Kier molecular flexibility index (Phi) is 5.24. The van der Waals surface area contributed by atoms with E-state index in [4.69, 9.17) is 9.05 Å². The van der Waals surface area contributed by atoms with Crippen LogP contribution in [0.3, 0.4) is 0 Å². The maximum Gasteiger partial charge on any atom is 0.248 e. The molecule has 154 valence electrons. The molecule has 9 nitrogen and oxygen atoms in total. The zero-order valence-electron chi connectivity index (χ0n) is 16.6. The zero-order valence-corrected chi connectivity index (χ0v) is 17.4. The van der Waals surface area contributed by atoms with Gasteiger partial charge >= 0.3 is 0 Å². The highest BCUT2D eigenvalue weighted by Crippen LogP contribution is 2.24. The molecule has 3 heterocycles. The van der Waals surface area contributed by atoms with Crippen molar-refractivity contribution in [1.82, 2.24) is 24.5 Å². The summed E-state index contributed by atoms with van der Waals surface area (Å²) in [4.78, 5) is 6.74. The molecular formula is C19H23N5O4S. The predicted molar refractivity (Wildman–Crippen MR) is 104 cm³/mol. The number of rotatable bonds is 5. The molecule has 1 aliphatic rings. The van der Waals surface area contributed by atoms with Crippen LogP contribution >= 0.6 is 0 Å². The summed E-state index contributed by atoms with van der Waals surface area (Å²) in [5.41, 5.74) is 2.46. The monoisotopic (exact) mass is 417 g/mol. The Balaban J connectivity index is 1.39. The van der Waals surface area contributed by atoms with E-state index in [0.29, 0.717) is 55.9 Å². The molecule has 0 radical (unpaired) electrons. The van der Waals surface area contributed by atoms with Crippen molar-refractivity contribution in [3.8, 4) is 11.4 Å². The van der Waals surface area contributed by atoms with E-state index in [1.165, 1.54) is 9.87 Å².